The number of nitrogens with zero attached hydrogens (tertiary/aromatic N) is 3. The van der Waals surface area contributed by atoms with E-state index < -0.39 is 10.5 Å². The van der Waals surface area contributed by atoms with E-state index in [0.29, 0.717) is 6.42 Å². The molecule has 0 amide bonds. The van der Waals surface area contributed by atoms with E-state index in [4.69, 9.17) is 5.26 Å². The molecule has 1 rings (SSSR count). The fourth-order valence-corrected chi connectivity index (χ4v) is 1.69. The summed E-state index contributed by atoms with van der Waals surface area (Å²) in [6.45, 7) is 3.75. The molecule has 1 atom stereocenters. The Morgan fingerprint density at radius 3 is 2.89 bits per heavy atom. The average Bonchev–Trinajstić information content (AvgIpc) is 2.36. The first-order chi connectivity index (χ1) is 8.89. The van der Waals surface area contributed by atoms with Crippen molar-refractivity contribution in [2.75, 3.05) is 11.9 Å². The van der Waals surface area contributed by atoms with Gasteiger partial charge in [-0.2, -0.15) is 5.26 Å². The molecule has 0 fully saturated rings. The Hall–Kier alpha value is -2.20. The van der Waals surface area contributed by atoms with E-state index in [2.05, 4.69) is 10.3 Å². The number of pyridine rings is 1. The van der Waals surface area contributed by atoms with Crippen molar-refractivity contribution in [3.8, 4) is 6.07 Å². The predicted molar refractivity (Wildman–Crippen MR) is 69.6 cm³/mol. The van der Waals surface area contributed by atoms with Gasteiger partial charge in [-0.15, -0.1) is 0 Å². The third kappa shape index (κ3) is 4.19. The molecule has 1 aromatic rings. The molecule has 0 saturated heterocycles. The molecule has 0 saturated carbocycles. The second-order valence-corrected chi connectivity index (χ2v) is 4.56. The van der Waals surface area contributed by atoms with Crippen LogP contribution in [0.4, 0.5) is 11.5 Å². The van der Waals surface area contributed by atoms with E-state index in [1.165, 1.54) is 6.20 Å². The number of hydrogen-bond donors (Lipinski definition) is 2. The molecule has 2 N–H and O–H groups in total. The molecule has 0 aliphatic carbocycles. The molecule has 1 aromatic heterocycles. The number of aromatic nitrogens is 1. The molecule has 102 valence electrons. The Morgan fingerprint density at radius 1 is 1.68 bits per heavy atom. The molecule has 0 aliphatic heterocycles. The molecular weight excluding hydrogens is 248 g/mol. The highest BCUT2D eigenvalue weighted by Gasteiger charge is 2.22. The maximum absolute atomic E-state index is 10.9. The van der Waals surface area contributed by atoms with Crippen LogP contribution in [0, 0.1) is 21.4 Å². The minimum absolute atomic E-state index is 0.0559. The number of nitro groups is 1. The molecule has 7 heteroatoms. The van der Waals surface area contributed by atoms with Crippen LogP contribution in [-0.2, 0) is 0 Å². The summed E-state index contributed by atoms with van der Waals surface area (Å²) in [6.07, 6.45) is 2.63. The lowest BCUT2D eigenvalue weighted by atomic mass is 10.0. The smallest absolute Gasteiger partial charge is 0.312 e. The first-order valence-electron chi connectivity index (χ1n) is 5.90. The molecule has 0 aliphatic rings. The first kappa shape index (κ1) is 14.9. The molecule has 0 radical (unpaired) electrons. The number of rotatable bonds is 6. The molecule has 0 spiro atoms. The zero-order valence-electron chi connectivity index (χ0n) is 10.9. The van der Waals surface area contributed by atoms with Gasteiger partial charge in [0.25, 0.3) is 0 Å². The van der Waals surface area contributed by atoms with Gasteiger partial charge in [0.05, 0.1) is 16.1 Å². The molecule has 0 aromatic carbocycles. The molecule has 1 heterocycles. The van der Waals surface area contributed by atoms with Gasteiger partial charge in [-0.25, -0.2) is 4.98 Å². The third-order valence-electron chi connectivity index (χ3n) is 2.62. The van der Waals surface area contributed by atoms with Crippen LogP contribution in [0.25, 0.3) is 0 Å². The van der Waals surface area contributed by atoms with Gasteiger partial charge in [0.2, 0.25) is 5.82 Å². The highest BCUT2D eigenvalue weighted by molar-refractivity contribution is 5.58. The monoisotopic (exact) mass is 264 g/mol. The van der Waals surface area contributed by atoms with Crippen LogP contribution < -0.4 is 5.32 Å². The van der Waals surface area contributed by atoms with Gasteiger partial charge in [0.15, 0.2) is 0 Å². The first-order valence-corrected chi connectivity index (χ1v) is 5.90. The maximum Gasteiger partial charge on any atom is 0.312 e. The summed E-state index contributed by atoms with van der Waals surface area (Å²) in [5, 5.41) is 32.3. The predicted octanol–water partition coefficient (Wildman–Crippen LogP) is 1.82. The minimum atomic E-state index is -0.960. The van der Waals surface area contributed by atoms with Crippen molar-refractivity contribution in [1.82, 2.24) is 4.98 Å². The molecule has 7 nitrogen and oxygen atoms in total. The van der Waals surface area contributed by atoms with Gasteiger partial charge < -0.3 is 10.4 Å². The van der Waals surface area contributed by atoms with Crippen LogP contribution in [0.1, 0.15) is 32.3 Å². The Labute approximate surface area is 111 Å². The fourth-order valence-electron chi connectivity index (χ4n) is 1.69. The van der Waals surface area contributed by atoms with E-state index in [1.807, 2.05) is 6.92 Å². The van der Waals surface area contributed by atoms with Crippen molar-refractivity contribution in [2.45, 2.75) is 32.3 Å². The lowest BCUT2D eigenvalue weighted by molar-refractivity contribution is -0.384. The highest BCUT2D eigenvalue weighted by Crippen LogP contribution is 2.23. The van der Waals surface area contributed by atoms with Crippen LogP contribution >= 0.6 is 0 Å². The maximum atomic E-state index is 10.9. The summed E-state index contributed by atoms with van der Waals surface area (Å²) in [5.74, 6) is 0.0559. The molecular formula is C12H16N4O3. The van der Waals surface area contributed by atoms with E-state index in [9.17, 15) is 15.2 Å². The lowest BCUT2D eigenvalue weighted by Gasteiger charge is -2.23. The number of anilines is 1. The number of hydrogen-bond acceptors (Lipinski definition) is 6. The second-order valence-electron chi connectivity index (χ2n) is 4.56. The second kappa shape index (κ2) is 6.11. The van der Waals surface area contributed by atoms with E-state index >= 15 is 0 Å². The quantitative estimate of drug-likeness (QED) is 0.598. The van der Waals surface area contributed by atoms with Gasteiger partial charge in [0.1, 0.15) is 6.07 Å². The third-order valence-corrected chi connectivity index (χ3v) is 2.62. The Balaban J connectivity index is 2.90. The molecule has 19 heavy (non-hydrogen) atoms. The summed E-state index contributed by atoms with van der Waals surface area (Å²) in [4.78, 5) is 14.1. The zero-order valence-corrected chi connectivity index (χ0v) is 10.9. The van der Waals surface area contributed by atoms with E-state index in [1.54, 1.807) is 13.0 Å². The Bertz CT molecular complexity index is 508. The summed E-state index contributed by atoms with van der Waals surface area (Å²) in [7, 11) is 0. The standard InChI is InChI=1S/C12H16N4O3/c1-3-4-12(2,17)8-15-11-10(16(18)19)5-9(6-13)7-14-11/h5,7,17H,3-4,8H2,1-2H3,(H,14,15). The van der Waals surface area contributed by atoms with Crippen molar-refractivity contribution in [3.63, 3.8) is 0 Å². The van der Waals surface area contributed by atoms with Crippen molar-refractivity contribution in [3.05, 3.63) is 27.9 Å². The van der Waals surface area contributed by atoms with Gasteiger partial charge in [-0.1, -0.05) is 13.3 Å². The van der Waals surface area contributed by atoms with Gasteiger partial charge in [0, 0.05) is 18.8 Å². The van der Waals surface area contributed by atoms with Crippen LogP contribution in [0.15, 0.2) is 12.3 Å². The van der Waals surface area contributed by atoms with Crippen molar-refractivity contribution < 1.29 is 10.0 Å². The van der Waals surface area contributed by atoms with Crippen LogP contribution in [0.2, 0.25) is 0 Å². The average molecular weight is 264 g/mol. The van der Waals surface area contributed by atoms with Crippen molar-refractivity contribution in [1.29, 1.82) is 5.26 Å². The van der Waals surface area contributed by atoms with Gasteiger partial charge in [-0.3, -0.25) is 10.1 Å². The SMILES string of the molecule is CCCC(C)(O)CNc1ncc(C#N)cc1[N+](=O)[O-]. The lowest BCUT2D eigenvalue weighted by Crippen LogP contribution is -2.33. The minimum Gasteiger partial charge on any atom is -0.388 e. The van der Waals surface area contributed by atoms with Gasteiger partial charge >= 0.3 is 5.69 Å². The summed E-state index contributed by atoms with van der Waals surface area (Å²) >= 11 is 0. The highest BCUT2D eigenvalue weighted by atomic mass is 16.6. The van der Waals surface area contributed by atoms with Crippen LogP contribution in [-0.4, -0.2) is 27.2 Å². The number of nitriles is 1. The largest absolute Gasteiger partial charge is 0.388 e. The van der Waals surface area contributed by atoms with Crippen LogP contribution in [0.5, 0.6) is 0 Å². The topological polar surface area (TPSA) is 112 Å². The Kier molecular flexibility index (Phi) is 4.78. The molecule has 0 bridgehead atoms. The fraction of sp³-hybridized carbons (Fsp3) is 0.500. The normalized spacial score (nSPS) is 13.4. The number of aliphatic hydroxyl groups is 1. The van der Waals surface area contributed by atoms with E-state index in [0.717, 1.165) is 12.5 Å². The van der Waals surface area contributed by atoms with Crippen LogP contribution in [0.3, 0.4) is 0 Å². The zero-order chi connectivity index (χ0) is 14.5. The van der Waals surface area contributed by atoms with E-state index in [-0.39, 0.29) is 23.6 Å². The van der Waals surface area contributed by atoms with Gasteiger partial charge in [-0.05, 0) is 13.3 Å². The molecule has 1 unspecified atom stereocenters. The summed E-state index contributed by atoms with van der Waals surface area (Å²) < 4.78 is 0. The number of nitrogens with one attached hydrogen (secondary N) is 1. The summed E-state index contributed by atoms with van der Waals surface area (Å²) in [5.41, 5.74) is -1.11. The summed E-state index contributed by atoms with van der Waals surface area (Å²) in [6, 6.07) is 2.95. The van der Waals surface area contributed by atoms with Crippen molar-refractivity contribution >= 4 is 11.5 Å². The van der Waals surface area contributed by atoms with Crippen molar-refractivity contribution in [2.24, 2.45) is 0 Å². The Morgan fingerprint density at radius 2 is 2.37 bits per heavy atom.